The number of anilines is 1. The van der Waals surface area contributed by atoms with Crippen LogP contribution in [0.4, 0.5) is 5.69 Å². The van der Waals surface area contributed by atoms with Crippen LogP contribution in [-0.2, 0) is 24.2 Å². The smallest absolute Gasteiger partial charge is 0.224 e. The Morgan fingerprint density at radius 1 is 0.893 bits per heavy atom. The number of nitrogens with one attached hydrogen (secondary N) is 1. The van der Waals surface area contributed by atoms with Gasteiger partial charge in [-0.2, -0.15) is 0 Å². The third kappa shape index (κ3) is 5.13. The third-order valence-corrected chi connectivity index (χ3v) is 4.57. The van der Waals surface area contributed by atoms with Gasteiger partial charge in [0.05, 0.1) is 0 Å². The Kier molecular flexibility index (Phi) is 6.68. The zero-order chi connectivity index (χ0) is 19.8. The molecule has 0 aliphatic heterocycles. The molecule has 0 aliphatic carbocycles. The van der Waals surface area contributed by atoms with Crippen molar-refractivity contribution in [2.45, 2.75) is 32.8 Å². The summed E-state index contributed by atoms with van der Waals surface area (Å²) in [6.45, 7) is 2.16. The van der Waals surface area contributed by atoms with Crippen molar-refractivity contribution in [2.75, 3.05) is 5.32 Å². The molecular weight excluding hydrogens is 350 g/mol. The van der Waals surface area contributed by atoms with E-state index in [1.807, 2.05) is 55.5 Å². The van der Waals surface area contributed by atoms with Crippen molar-refractivity contribution in [1.82, 2.24) is 0 Å². The number of benzene rings is 3. The van der Waals surface area contributed by atoms with Gasteiger partial charge < -0.3 is 15.2 Å². The molecule has 0 bridgehead atoms. The highest BCUT2D eigenvalue weighted by Gasteiger charge is 2.16. The number of hydrogen-bond donors (Lipinski definition) is 2. The zero-order valence-corrected chi connectivity index (χ0v) is 16.0. The van der Waals surface area contributed by atoms with Crippen molar-refractivity contribution in [1.29, 1.82) is 0 Å². The zero-order valence-electron chi connectivity index (χ0n) is 16.0. The number of aromatic hydroxyl groups is 1. The van der Waals surface area contributed by atoms with Gasteiger partial charge in [0, 0.05) is 17.7 Å². The number of carbonyl (C=O) groups excluding carboxylic acids is 1. The first kappa shape index (κ1) is 19.5. The van der Waals surface area contributed by atoms with Crippen molar-refractivity contribution in [2.24, 2.45) is 0 Å². The Hall–Kier alpha value is -3.27. The van der Waals surface area contributed by atoms with Crippen molar-refractivity contribution < 1.29 is 14.6 Å². The largest absolute Gasteiger partial charge is 0.504 e. The molecule has 3 aromatic rings. The number of ether oxygens (including phenoxy) is 1. The summed E-state index contributed by atoms with van der Waals surface area (Å²) < 4.78 is 6.00. The molecular formula is C24H25NO3. The second-order valence-corrected chi connectivity index (χ2v) is 6.60. The van der Waals surface area contributed by atoms with Gasteiger partial charge in [-0.1, -0.05) is 67.6 Å². The summed E-state index contributed by atoms with van der Waals surface area (Å²) in [5.41, 5.74) is 3.69. The molecule has 0 unspecified atom stereocenters. The molecule has 0 heterocycles. The lowest BCUT2D eigenvalue weighted by molar-refractivity contribution is -0.115. The van der Waals surface area contributed by atoms with E-state index in [1.54, 1.807) is 12.1 Å². The Labute approximate surface area is 165 Å². The Morgan fingerprint density at radius 2 is 1.54 bits per heavy atom. The maximum absolute atomic E-state index is 12.0. The molecule has 2 N–H and O–H groups in total. The van der Waals surface area contributed by atoms with Crippen LogP contribution < -0.4 is 10.1 Å². The highest BCUT2D eigenvalue weighted by atomic mass is 16.5. The van der Waals surface area contributed by atoms with Crippen LogP contribution in [0.15, 0.2) is 72.8 Å². The molecule has 4 heteroatoms. The number of phenolic OH excluding ortho intramolecular Hbond substituents is 1. The molecule has 144 valence electrons. The van der Waals surface area contributed by atoms with Gasteiger partial charge >= 0.3 is 0 Å². The Bertz CT molecular complexity index is 908. The van der Waals surface area contributed by atoms with Crippen molar-refractivity contribution in [3.05, 3.63) is 89.5 Å². The second-order valence-electron chi connectivity index (χ2n) is 6.60. The number of carbonyl (C=O) groups is 1. The average molecular weight is 375 g/mol. The van der Waals surface area contributed by atoms with Crippen LogP contribution in [-0.4, -0.2) is 11.0 Å². The molecule has 0 aromatic heterocycles. The molecule has 1 amide bonds. The van der Waals surface area contributed by atoms with Crippen LogP contribution in [0.2, 0.25) is 0 Å². The lowest BCUT2D eigenvalue weighted by atomic mass is 10.0. The maximum Gasteiger partial charge on any atom is 0.224 e. The molecule has 0 radical (unpaired) electrons. The van der Waals surface area contributed by atoms with Crippen LogP contribution in [0.3, 0.4) is 0 Å². The number of aryl methyl sites for hydroxylation is 1. The fourth-order valence-electron chi connectivity index (χ4n) is 3.02. The molecule has 0 spiro atoms. The predicted octanol–water partition coefficient (Wildman–Crippen LogP) is 5.10. The van der Waals surface area contributed by atoms with Crippen LogP contribution in [0.1, 0.15) is 30.0 Å². The first-order valence-corrected chi connectivity index (χ1v) is 9.52. The fourth-order valence-corrected chi connectivity index (χ4v) is 3.02. The number of hydrogen-bond acceptors (Lipinski definition) is 3. The summed E-state index contributed by atoms with van der Waals surface area (Å²) in [5.74, 6) is 0.433. The van der Waals surface area contributed by atoms with Crippen LogP contribution in [0.25, 0.3) is 0 Å². The predicted molar refractivity (Wildman–Crippen MR) is 112 cm³/mol. The summed E-state index contributed by atoms with van der Waals surface area (Å²) in [5, 5.41) is 13.4. The van der Waals surface area contributed by atoms with E-state index in [1.165, 1.54) is 5.56 Å². The molecule has 3 rings (SSSR count). The highest BCUT2D eigenvalue weighted by molar-refractivity contribution is 5.92. The van der Waals surface area contributed by atoms with Gasteiger partial charge in [0.15, 0.2) is 11.5 Å². The minimum Gasteiger partial charge on any atom is -0.504 e. The summed E-state index contributed by atoms with van der Waals surface area (Å²) >= 11 is 0. The lowest BCUT2D eigenvalue weighted by Gasteiger charge is -2.18. The van der Waals surface area contributed by atoms with Crippen molar-refractivity contribution in [3.63, 3.8) is 0 Å². The SMILES string of the molecule is CCC(=O)Nc1ccc(O)c(OCc2ccccc2)c1CCc1ccccc1. The van der Waals surface area contributed by atoms with E-state index in [9.17, 15) is 9.90 Å². The minimum atomic E-state index is -0.0688. The molecule has 3 aromatic carbocycles. The van der Waals surface area contributed by atoms with Crippen LogP contribution in [0.5, 0.6) is 11.5 Å². The lowest BCUT2D eigenvalue weighted by Crippen LogP contribution is -2.12. The summed E-state index contributed by atoms with van der Waals surface area (Å²) in [6, 6.07) is 23.2. The highest BCUT2D eigenvalue weighted by Crippen LogP contribution is 2.37. The Morgan fingerprint density at radius 3 is 2.18 bits per heavy atom. The molecule has 28 heavy (non-hydrogen) atoms. The molecule has 4 nitrogen and oxygen atoms in total. The molecule has 0 aliphatic rings. The van der Waals surface area contributed by atoms with Gasteiger partial charge in [-0.05, 0) is 36.1 Å². The van der Waals surface area contributed by atoms with E-state index in [2.05, 4.69) is 17.4 Å². The van der Waals surface area contributed by atoms with E-state index in [0.717, 1.165) is 17.5 Å². The van der Waals surface area contributed by atoms with Gasteiger partial charge in [0.2, 0.25) is 5.91 Å². The van der Waals surface area contributed by atoms with E-state index >= 15 is 0 Å². The minimum absolute atomic E-state index is 0.0688. The van der Waals surface area contributed by atoms with E-state index < -0.39 is 0 Å². The second kappa shape index (κ2) is 9.60. The topological polar surface area (TPSA) is 58.6 Å². The summed E-state index contributed by atoms with van der Waals surface area (Å²) in [4.78, 5) is 12.0. The third-order valence-electron chi connectivity index (χ3n) is 4.57. The standard InChI is InChI=1S/C24H25NO3/c1-2-23(27)25-21-15-16-22(26)24(28-17-19-11-7-4-8-12-19)20(21)14-13-18-9-5-3-6-10-18/h3-12,15-16,26H,2,13-14,17H2,1H3,(H,25,27). The van der Waals surface area contributed by atoms with Crippen LogP contribution in [0, 0.1) is 0 Å². The molecule has 0 saturated carbocycles. The van der Waals surface area contributed by atoms with Crippen molar-refractivity contribution >= 4 is 11.6 Å². The number of amides is 1. The van der Waals surface area contributed by atoms with Gasteiger partial charge in [-0.3, -0.25) is 4.79 Å². The van der Waals surface area contributed by atoms with Gasteiger partial charge in [-0.25, -0.2) is 0 Å². The maximum atomic E-state index is 12.0. The number of rotatable bonds is 8. The van der Waals surface area contributed by atoms with Crippen LogP contribution >= 0.6 is 0 Å². The molecule has 0 fully saturated rings. The van der Waals surface area contributed by atoms with Gasteiger partial charge in [-0.15, -0.1) is 0 Å². The van der Waals surface area contributed by atoms with E-state index in [0.29, 0.717) is 30.9 Å². The molecule has 0 saturated heterocycles. The normalized spacial score (nSPS) is 10.5. The van der Waals surface area contributed by atoms with E-state index in [4.69, 9.17) is 4.74 Å². The monoisotopic (exact) mass is 375 g/mol. The summed E-state index contributed by atoms with van der Waals surface area (Å²) in [6.07, 6.45) is 1.81. The van der Waals surface area contributed by atoms with Gasteiger partial charge in [0.25, 0.3) is 0 Å². The summed E-state index contributed by atoms with van der Waals surface area (Å²) in [7, 11) is 0. The molecule has 0 atom stereocenters. The first-order chi connectivity index (χ1) is 13.7. The average Bonchev–Trinajstić information content (AvgIpc) is 2.74. The quantitative estimate of drug-likeness (QED) is 0.538. The first-order valence-electron chi connectivity index (χ1n) is 9.52. The van der Waals surface area contributed by atoms with Gasteiger partial charge in [0.1, 0.15) is 6.61 Å². The Balaban J connectivity index is 1.88. The fraction of sp³-hybridized carbons (Fsp3) is 0.208. The van der Waals surface area contributed by atoms with Crippen molar-refractivity contribution in [3.8, 4) is 11.5 Å². The number of phenols is 1. The van der Waals surface area contributed by atoms with E-state index in [-0.39, 0.29) is 11.7 Å².